The fourth-order valence-corrected chi connectivity index (χ4v) is 1.88. The summed E-state index contributed by atoms with van der Waals surface area (Å²) in [5.41, 5.74) is 2.04. The Morgan fingerprint density at radius 2 is 2.00 bits per heavy atom. The zero-order valence-corrected chi connectivity index (χ0v) is 11.5. The summed E-state index contributed by atoms with van der Waals surface area (Å²) in [4.78, 5) is 14.6. The van der Waals surface area contributed by atoms with E-state index in [0.29, 0.717) is 23.8 Å². The van der Waals surface area contributed by atoms with Gasteiger partial charge in [-0.05, 0) is 31.2 Å². The van der Waals surface area contributed by atoms with E-state index in [1.165, 1.54) is 0 Å². The molecule has 0 aliphatic heterocycles. The molecule has 0 amide bonds. The first-order valence-corrected chi connectivity index (χ1v) is 6.52. The van der Waals surface area contributed by atoms with Crippen molar-refractivity contribution in [2.24, 2.45) is 0 Å². The summed E-state index contributed by atoms with van der Waals surface area (Å²) >= 11 is 0. The van der Waals surface area contributed by atoms with Crippen LogP contribution in [0.3, 0.4) is 0 Å². The number of benzene rings is 1. The summed E-state index contributed by atoms with van der Waals surface area (Å²) in [6, 6.07) is 11.3. The number of H-pyrrole nitrogens is 1. The summed E-state index contributed by atoms with van der Waals surface area (Å²) in [6.45, 7) is 2.01. The Morgan fingerprint density at radius 3 is 2.67 bits per heavy atom. The van der Waals surface area contributed by atoms with Crippen molar-refractivity contribution in [1.82, 2.24) is 15.2 Å². The Kier molecular flexibility index (Phi) is 3.51. The number of furan rings is 1. The van der Waals surface area contributed by atoms with Gasteiger partial charge < -0.3 is 9.73 Å². The lowest BCUT2D eigenvalue weighted by Crippen LogP contribution is -2.18. The molecule has 6 heteroatoms. The molecule has 106 valence electrons. The predicted octanol–water partition coefficient (Wildman–Crippen LogP) is 2.40. The van der Waals surface area contributed by atoms with Crippen LogP contribution in [0.4, 0.5) is 11.6 Å². The molecule has 0 fully saturated rings. The second-order valence-corrected chi connectivity index (χ2v) is 4.70. The maximum Gasteiger partial charge on any atom is 0.274 e. The Bertz CT molecular complexity index is 776. The smallest absolute Gasteiger partial charge is 0.274 e. The van der Waals surface area contributed by atoms with E-state index in [0.717, 1.165) is 11.3 Å². The van der Waals surface area contributed by atoms with Crippen molar-refractivity contribution in [3.63, 3.8) is 0 Å². The molecule has 3 aromatic rings. The second kappa shape index (κ2) is 5.62. The minimum atomic E-state index is -0.281. The van der Waals surface area contributed by atoms with Crippen LogP contribution in [0.15, 0.2) is 51.9 Å². The van der Waals surface area contributed by atoms with Crippen LogP contribution in [-0.4, -0.2) is 15.2 Å². The van der Waals surface area contributed by atoms with Gasteiger partial charge in [0.25, 0.3) is 5.56 Å². The molecule has 0 saturated heterocycles. The molecule has 1 aromatic carbocycles. The Morgan fingerprint density at radius 1 is 1.19 bits per heavy atom. The predicted molar refractivity (Wildman–Crippen MR) is 78.6 cm³/mol. The maximum absolute atomic E-state index is 12.0. The fourth-order valence-electron chi connectivity index (χ4n) is 1.88. The zero-order chi connectivity index (χ0) is 14.7. The molecule has 2 N–H and O–H groups in total. The summed E-state index contributed by atoms with van der Waals surface area (Å²) in [7, 11) is 0. The van der Waals surface area contributed by atoms with Crippen molar-refractivity contribution >= 4 is 11.6 Å². The van der Waals surface area contributed by atoms with Crippen molar-refractivity contribution in [2.75, 3.05) is 5.32 Å². The molecule has 21 heavy (non-hydrogen) atoms. The molecule has 0 atom stereocenters. The summed E-state index contributed by atoms with van der Waals surface area (Å²) in [6.07, 6.45) is 1.88. The molecule has 2 heterocycles. The van der Waals surface area contributed by atoms with Crippen molar-refractivity contribution < 1.29 is 4.42 Å². The zero-order valence-electron chi connectivity index (χ0n) is 11.5. The maximum atomic E-state index is 12.0. The van der Waals surface area contributed by atoms with Crippen LogP contribution < -0.4 is 10.9 Å². The van der Waals surface area contributed by atoms with Gasteiger partial charge in [0, 0.05) is 5.69 Å². The van der Waals surface area contributed by atoms with E-state index in [-0.39, 0.29) is 5.56 Å². The van der Waals surface area contributed by atoms with Gasteiger partial charge in [-0.25, -0.2) is 0 Å². The van der Waals surface area contributed by atoms with Gasteiger partial charge in [-0.3, -0.25) is 9.78 Å². The molecule has 0 spiro atoms. The highest BCUT2D eigenvalue weighted by atomic mass is 16.3. The number of anilines is 2. The number of aryl methyl sites for hydroxylation is 1. The number of hydrogen-bond acceptors (Lipinski definition) is 5. The topological polar surface area (TPSA) is 83.8 Å². The molecule has 0 unspecified atom stereocenters. The van der Waals surface area contributed by atoms with Gasteiger partial charge in [0.2, 0.25) is 5.95 Å². The molecule has 0 radical (unpaired) electrons. The first kappa shape index (κ1) is 13.1. The minimum Gasteiger partial charge on any atom is -0.469 e. The minimum absolute atomic E-state index is 0.281. The van der Waals surface area contributed by atoms with Gasteiger partial charge in [-0.15, -0.1) is 10.2 Å². The van der Waals surface area contributed by atoms with Gasteiger partial charge in [-0.2, -0.15) is 0 Å². The van der Waals surface area contributed by atoms with E-state index in [4.69, 9.17) is 4.42 Å². The summed E-state index contributed by atoms with van der Waals surface area (Å²) in [5.74, 6) is 0.987. The van der Waals surface area contributed by atoms with Gasteiger partial charge in [0.05, 0.1) is 12.7 Å². The lowest BCUT2D eigenvalue weighted by molar-refractivity contribution is 0.517. The lowest BCUT2D eigenvalue weighted by atomic mass is 10.2. The summed E-state index contributed by atoms with van der Waals surface area (Å²) in [5, 5.41) is 10.9. The number of aromatic amines is 1. The highest BCUT2D eigenvalue weighted by molar-refractivity contribution is 5.52. The molecule has 0 aliphatic rings. The molecule has 0 aliphatic carbocycles. The molecule has 3 rings (SSSR count). The van der Waals surface area contributed by atoms with E-state index in [9.17, 15) is 4.79 Å². The largest absolute Gasteiger partial charge is 0.469 e. The van der Waals surface area contributed by atoms with Crippen LogP contribution in [0.25, 0.3) is 0 Å². The van der Waals surface area contributed by atoms with Crippen LogP contribution in [0, 0.1) is 6.92 Å². The Labute approximate surface area is 120 Å². The van der Waals surface area contributed by atoms with E-state index in [1.807, 2.05) is 31.2 Å². The molecule has 0 bridgehead atoms. The average Bonchev–Trinajstić information content (AvgIpc) is 2.97. The van der Waals surface area contributed by atoms with Crippen molar-refractivity contribution in [3.05, 3.63) is 70.0 Å². The van der Waals surface area contributed by atoms with Gasteiger partial charge in [0.15, 0.2) is 0 Å². The standard InChI is InChI=1S/C15H14N4O2/c1-10-4-6-11(7-5-10)16-15-17-14(20)13(18-19-15)9-12-3-2-8-21-12/h2-8H,9H2,1H3,(H2,16,17,19,20). The third-order valence-electron chi connectivity index (χ3n) is 3.00. The number of nitrogens with one attached hydrogen (secondary N) is 2. The highest BCUT2D eigenvalue weighted by Crippen LogP contribution is 2.12. The van der Waals surface area contributed by atoms with E-state index < -0.39 is 0 Å². The van der Waals surface area contributed by atoms with Crippen LogP contribution in [0.1, 0.15) is 17.0 Å². The van der Waals surface area contributed by atoms with Gasteiger partial charge >= 0.3 is 0 Å². The monoisotopic (exact) mass is 282 g/mol. The third kappa shape index (κ3) is 3.17. The Balaban J connectivity index is 1.77. The number of hydrogen-bond donors (Lipinski definition) is 2. The normalized spacial score (nSPS) is 10.5. The highest BCUT2D eigenvalue weighted by Gasteiger charge is 2.07. The summed E-state index contributed by atoms with van der Waals surface area (Å²) < 4.78 is 5.19. The van der Waals surface area contributed by atoms with Crippen molar-refractivity contribution in [2.45, 2.75) is 13.3 Å². The average molecular weight is 282 g/mol. The van der Waals surface area contributed by atoms with Crippen LogP contribution in [-0.2, 0) is 6.42 Å². The van der Waals surface area contributed by atoms with E-state index in [1.54, 1.807) is 18.4 Å². The fraction of sp³-hybridized carbons (Fsp3) is 0.133. The van der Waals surface area contributed by atoms with Crippen LogP contribution in [0.5, 0.6) is 0 Å². The SMILES string of the molecule is Cc1ccc(Nc2nnc(Cc3ccco3)c(=O)[nH]2)cc1. The lowest BCUT2D eigenvalue weighted by Gasteiger charge is -2.05. The van der Waals surface area contributed by atoms with Crippen molar-refractivity contribution in [3.8, 4) is 0 Å². The van der Waals surface area contributed by atoms with Gasteiger partial charge in [0.1, 0.15) is 11.5 Å². The van der Waals surface area contributed by atoms with E-state index in [2.05, 4.69) is 20.5 Å². The Hall–Kier alpha value is -2.89. The van der Waals surface area contributed by atoms with Crippen LogP contribution in [0.2, 0.25) is 0 Å². The second-order valence-electron chi connectivity index (χ2n) is 4.70. The molecular weight excluding hydrogens is 268 g/mol. The first-order valence-electron chi connectivity index (χ1n) is 6.52. The third-order valence-corrected chi connectivity index (χ3v) is 3.00. The molecule has 2 aromatic heterocycles. The first-order chi connectivity index (χ1) is 10.2. The number of nitrogens with zero attached hydrogens (tertiary/aromatic N) is 2. The molecular formula is C15H14N4O2. The van der Waals surface area contributed by atoms with Crippen LogP contribution >= 0.6 is 0 Å². The molecule has 0 saturated carbocycles. The quantitative estimate of drug-likeness (QED) is 0.767. The number of aromatic nitrogens is 3. The van der Waals surface area contributed by atoms with Gasteiger partial charge in [-0.1, -0.05) is 17.7 Å². The van der Waals surface area contributed by atoms with E-state index >= 15 is 0 Å². The van der Waals surface area contributed by atoms with Crippen molar-refractivity contribution in [1.29, 1.82) is 0 Å². The number of rotatable bonds is 4. The molecule has 6 nitrogen and oxygen atoms in total.